The fourth-order valence-corrected chi connectivity index (χ4v) is 2.99. The summed E-state index contributed by atoms with van der Waals surface area (Å²) in [4.78, 5) is 24.6. The summed E-state index contributed by atoms with van der Waals surface area (Å²) in [6.07, 6.45) is -4.31. The van der Waals surface area contributed by atoms with Gasteiger partial charge in [-0.15, -0.1) is 11.8 Å². The maximum Gasteiger partial charge on any atom is 0.398 e. The highest BCUT2D eigenvalue weighted by molar-refractivity contribution is 7.99. The highest BCUT2D eigenvalue weighted by Gasteiger charge is 2.27. The van der Waals surface area contributed by atoms with E-state index in [4.69, 9.17) is 0 Å². The molecule has 9 heteroatoms. The molecule has 2 rings (SSSR count). The first-order valence-corrected chi connectivity index (χ1v) is 9.40. The molecule has 3 N–H and O–H groups in total. The smallest absolute Gasteiger partial charge is 0.336 e. The molecule has 28 heavy (non-hydrogen) atoms. The molecule has 0 atom stereocenters. The van der Waals surface area contributed by atoms with Crippen LogP contribution in [0.1, 0.15) is 24.2 Å². The number of amides is 3. The van der Waals surface area contributed by atoms with Crippen LogP contribution >= 0.6 is 11.8 Å². The number of nitrogens with one attached hydrogen (secondary N) is 3. The van der Waals surface area contributed by atoms with Crippen LogP contribution < -0.4 is 16.0 Å². The van der Waals surface area contributed by atoms with E-state index < -0.39 is 23.9 Å². The Morgan fingerprint density at radius 1 is 1.04 bits per heavy atom. The largest absolute Gasteiger partial charge is 0.398 e. The summed E-state index contributed by atoms with van der Waals surface area (Å²) in [5.41, 5.74) is 0.973. The van der Waals surface area contributed by atoms with Crippen LogP contribution in [0.3, 0.4) is 0 Å². The van der Waals surface area contributed by atoms with Gasteiger partial charge in [0.25, 0.3) is 5.91 Å². The van der Waals surface area contributed by atoms with Crippen molar-refractivity contribution in [3.8, 4) is 0 Å². The van der Waals surface area contributed by atoms with Crippen LogP contribution in [0, 0.1) is 0 Å². The van der Waals surface area contributed by atoms with Crippen molar-refractivity contribution < 1.29 is 22.8 Å². The Morgan fingerprint density at radius 3 is 2.43 bits per heavy atom. The van der Waals surface area contributed by atoms with E-state index in [1.165, 1.54) is 18.2 Å². The van der Waals surface area contributed by atoms with E-state index in [2.05, 4.69) is 16.0 Å². The fraction of sp³-hybridized carbons (Fsp3) is 0.263. The molecule has 0 aliphatic rings. The Labute approximate surface area is 165 Å². The maximum absolute atomic E-state index is 12.5. The minimum atomic E-state index is -4.31. The van der Waals surface area contributed by atoms with Crippen molar-refractivity contribution in [2.24, 2.45) is 0 Å². The van der Waals surface area contributed by atoms with Gasteiger partial charge in [0.05, 0.1) is 11.4 Å². The molecule has 0 saturated heterocycles. The standard InChI is InChI=1S/C19H20F3N3O2S/c1-12(2)23-18(27)24-14-7-5-6-13(10-14)17(26)25-15-8-3-4-9-16(15)28-11-19(20,21)22/h3-10,12H,11H2,1-2H3,(H,25,26)(H2,23,24,27). The van der Waals surface area contributed by atoms with Gasteiger partial charge in [0, 0.05) is 22.2 Å². The van der Waals surface area contributed by atoms with E-state index in [1.54, 1.807) is 30.3 Å². The zero-order chi connectivity index (χ0) is 20.7. The molecule has 0 saturated carbocycles. The number of urea groups is 1. The molecule has 3 amide bonds. The average Bonchev–Trinajstić information content (AvgIpc) is 2.59. The molecule has 0 unspecified atom stereocenters. The van der Waals surface area contributed by atoms with Crippen LogP contribution in [0.5, 0.6) is 0 Å². The van der Waals surface area contributed by atoms with Gasteiger partial charge in [-0.3, -0.25) is 4.79 Å². The number of thioether (sulfide) groups is 1. The van der Waals surface area contributed by atoms with Crippen molar-refractivity contribution >= 4 is 35.1 Å². The predicted octanol–water partition coefficient (Wildman–Crippen LogP) is 5.12. The fourth-order valence-electron chi connectivity index (χ4n) is 2.22. The summed E-state index contributed by atoms with van der Waals surface area (Å²) in [6, 6.07) is 12.1. The van der Waals surface area contributed by atoms with Gasteiger partial charge in [0.2, 0.25) is 0 Å². The number of halogens is 3. The van der Waals surface area contributed by atoms with Gasteiger partial charge in [-0.1, -0.05) is 18.2 Å². The first kappa shape index (κ1) is 21.6. The number of rotatable bonds is 6. The number of carbonyl (C=O) groups is 2. The second-order valence-electron chi connectivity index (χ2n) is 6.19. The zero-order valence-electron chi connectivity index (χ0n) is 15.3. The van der Waals surface area contributed by atoms with E-state index in [0.717, 1.165) is 0 Å². The normalized spacial score (nSPS) is 11.2. The number of carbonyl (C=O) groups excluding carboxylic acids is 2. The third-order valence-corrected chi connectivity index (χ3v) is 4.47. The van der Waals surface area contributed by atoms with Crippen molar-refractivity contribution in [3.05, 3.63) is 54.1 Å². The Kier molecular flexibility index (Phi) is 7.33. The van der Waals surface area contributed by atoms with Gasteiger partial charge in [0.1, 0.15) is 0 Å². The van der Waals surface area contributed by atoms with Crippen LogP contribution in [0.15, 0.2) is 53.4 Å². The molecule has 0 spiro atoms. The quantitative estimate of drug-likeness (QED) is 0.578. The van der Waals surface area contributed by atoms with Crippen molar-refractivity contribution in [3.63, 3.8) is 0 Å². The lowest BCUT2D eigenvalue weighted by Gasteiger charge is -2.13. The second kappa shape index (κ2) is 9.50. The topological polar surface area (TPSA) is 70.2 Å². The Balaban J connectivity index is 2.09. The van der Waals surface area contributed by atoms with Crippen LogP contribution in [0.2, 0.25) is 0 Å². The Morgan fingerprint density at radius 2 is 1.75 bits per heavy atom. The van der Waals surface area contributed by atoms with E-state index in [0.29, 0.717) is 22.3 Å². The number of para-hydroxylation sites is 1. The van der Waals surface area contributed by atoms with Crippen molar-refractivity contribution in [2.75, 3.05) is 16.4 Å². The van der Waals surface area contributed by atoms with Gasteiger partial charge in [-0.25, -0.2) is 4.79 Å². The van der Waals surface area contributed by atoms with Crippen molar-refractivity contribution in [2.45, 2.75) is 31.0 Å². The zero-order valence-corrected chi connectivity index (χ0v) is 16.1. The van der Waals surface area contributed by atoms with E-state index in [1.807, 2.05) is 13.8 Å². The van der Waals surface area contributed by atoms with Crippen LogP contribution in [-0.2, 0) is 0 Å². The SMILES string of the molecule is CC(C)NC(=O)Nc1cccc(C(=O)Nc2ccccc2SCC(F)(F)F)c1. The van der Waals surface area contributed by atoms with E-state index in [9.17, 15) is 22.8 Å². The minimum Gasteiger partial charge on any atom is -0.336 e. The number of alkyl halides is 3. The third-order valence-electron chi connectivity index (χ3n) is 3.33. The molecule has 0 bridgehead atoms. The highest BCUT2D eigenvalue weighted by atomic mass is 32.2. The maximum atomic E-state index is 12.5. The van der Waals surface area contributed by atoms with Crippen LogP contribution in [0.25, 0.3) is 0 Å². The van der Waals surface area contributed by atoms with Crippen molar-refractivity contribution in [1.29, 1.82) is 0 Å². The average molecular weight is 411 g/mol. The lowest BCUT2D eigenvalue weighted by atomic mass is 10.2. The molecule has 150 valence electrons. The molecule has 5 nitrogen and oxygen atoms in total. The Bertz CT molecular complexity index is 841. The first-order chi connectivity index (χ1) is 13.1. The molecular weight excluding hydrogens is 391 g/mol. The molecule has 0 heterocycles. The number of hydrogen-bond donors (Lipinski definition) is 3. The van der Waals surface area contributed by atoms with Crippen LogP contribution in [-0.4, -0.2) is 29.9 Å². The third kappa shape index (κ3) is 7.15. The molecule has 0 aromatic heterocycles. The molecule has 0 fully saturated rings. The highest BCUT2D eigenvalue weighted by Crippen LogP contribution is 2.32. The van der Waals surface area contributed by atoms with Gasteiger partial charge in [-0.05, 0) is 44.2 Å². The summed E-state index contributed by atoms with van der Waals surface area (Å²) in [6.45, 7) is 3.63. The van der Waals surface area contributed by atoms with Crippen molar-refractivity contribution in [1.82, 2.24) is 5.32 Å². The lowest BCUT2D eigenvalue weighted by Crippen LogP contribution is -2.34. The molecule has 0 aliphatic carbocycles. The Hall–Kier alpha value is -2.68. The predicted molar refractivity (Wildman–Crippen MR) is 105 cm³/mol. The molecule has 2 aromatic rings. The van der Waals surface area contributed by atoms with Gasteiger partial charge in [-0.2, -0.15) is 13.2 Å². The summed E-state index contributed by atoms with van der Waals surface area (Å²) in [5, 5.41) is 7.91. The molecule has 0 radical (unpaired) electrons. The summed E-state index contributed by atoms with van der Waals surface area (Å²) in [5.74, 6) is -1.54. The molecule has 0 aliphatic heterocycles. The first-order valence-electron chi connectivity index (χ1n) is 8.41. The lowest BCUT2D eigenvalue weighted by molar-refractivity contribution is -0.105. The summed E-state index contributed by atoms with van der Waals surface area (Å²) in [7, 11) is 0. The van der Waals surface area contributed by atoms with Gasteiger partial charge in [0.15, 0.2) is 0 Å². The van der Waals surface area contributed by atoms with Crippen LogP contribution in [0.4, 0.5) is 29.3 Å². The van der Waals surface area contributed by atoms with E-state index in [-0.39, 0.29) is 17.3 Å². The monoisotopic (exact) mass is 411 g/mol. The van der Waals surface area contributed by atoms with Gasteiger partial charge >= 0.3 is 12.2 Å². The molecular formula is C19H20F3N3O2S. The number of hydrogen-bond acceptors (Lipinski definition) is 3. The summed E-state index contributed by atoms with van der Waals surface area (Å²) < 4.78 is 37.4. The minimum absolute atomic E-state index is 0.0443. The summed E-state index contributed by atoms with van der Waals surface area (Å²) >= 11 is 0.603. The second-order valence-corrected chi connectivity index (χ2v) is 7.21. The number of benzene rings is 2. The van der Waals surface area contributed by atoms with E-state index >= 15 is 0 Å². The molecule has 2 aromatic carbocycles. The number of anilines is 2. The van der Waals surface area contributed by atoms with Gasteiger partial charge < -0.3 is 16.0 Å².